The van der Waals surface area contributed by atoms with Crippen LogP contribution >= 0.6 is 11.6 Å². The number of amides is 1. The zero-order chi connectivity index (χ0) is 23.8. The van der Waals surface area contributed by atoms with Crippen molar-refractivity contribution in [1.29, 1.82) is 0 Å². The Kier molecular flexibility index (Phi) is 8.47. The number of sulfonamides is 1. The van der Waals surface area contributed by atoms with Gasteiger partial charge in [0.25, 0.3) is 10.0 Å². The number of carbonyl (C=O) groups excluding carboxylic acids is 1. The standard InChI is InChI=1S/C25H26ClFN2O3S/c1-2-19(15-20-9-5-3-6-10-20)17-28-25(30)18-29(21-13-14-24(27)23(26)16-21)33(31,32)22-11-7-4-8-12-22/h3-14,16,19H,2,15,17-18H2,1H3,(H,28,30). The normalized spacial score (nSPS) is 12.2. The molecule has 33 heavy (non-hydrogen) atoms. The van der Waals surface area contributed by atoms with Gasteiger partial charge >= 0.3 is 0 Å². The third kappa shape index (κ3) is 6.55. The Morgan fingerprint density at radius 3 is 2.27 bits per heavy atom. The van der Waals surface area contributed by atoms with Crippen LogP contribution in [0.1, 0.15) is 18.9 Å². The summed E-state index contributed by atoms with van der Waals surface area (Å²) in [5, 5.41) is 2.62. The fourth-order valence-electron chi connectivity index (χ4n) is 3.43. The monoisotopic (exact) mass is 488 g/mol. The fraction of sp³-hybridized carbons (Fsp3) is 0.240. The van der Waals surface area contributed by atoms with Gasteiger partial charge in [-0.3, -0.25) is 9.10 Å². The molecule has 0 saturated carbocycles. The molecule has 3 aromatic carbocycles. The summed E-state index contributed by atoms with van der Waals surface area (Å²) in [5.41, 5.74) is 1.28. The summed E-state index contributed by atoms with van der Waals surface area (Å²) in [5.74, 6) is -0.925. The maximum Gasteiger partial charge on any atom is 0.264 e. The summed E-state index contributed by atoms with van der Waals surface area (Å²) in [6.07, 6.45) is 1.66. The first-order valence-corrected chi connectivity index (χ1v) is 12.5. The second kappa shape index (κ2) is 11.3. The highest BCUT2D eigenvalue weighted by molar-refractivity contribution is 7.92. The van der Waals surface area contributed by atoms with Gasteiger partial charge in [0.1, 0.15) is 12.4 Å². The number of hydrogen-bond acceptors (Lipinski definition) is 3. The maximum absolute atomic E-state index is 13.7. The molecule has 0 aromatic heterocycles. The third-order valence-electron chi connectivity index (χ3n) is 5.34. The molecule has 5 nitrogen and oxygen atoms in total. The molecule has 0 radical (unpaired) electrons. The smallest absolute Gasteiger partial charge is 0.264 e. The van der Waals surface area contributed by atoms with Crippen LogP contribution in [0.4, 0.5) is 10.1 Å². The van der Waals surface area contributed by atoms with Crippen LogP contribution in [0.5, 0.6) is 0 Å². The van der Waals surface area contributed by atoms with Gasteiger partial charge in [0.15, 0.2) is 0 Å². The summed E-state index contributed by atoms with van der Waals surface area (Å²) in [6.45, 7) is 2.00. The van der Waals surface area contributed by atoms with Gasteiger partial charge in [-0.15, -0.1) is 0 Å². The van der Waals surface area contributed by atoms with Gasteiger partial charge in [0, 0.05) is 6.54 Å². The highest BCUT2D eigenvalue weighted by atomic mass is 35.5. The van der Waals surface area contributed by atoms with Crippen LogP contribution in [0.15, 0.2) is 83.8 Å². The van der Waals surface area contributed by atoms with Gasteiger partial charge in [-0.05, 0) is 48.2 Å². The van der Waals surface area contributed by atoms with Crippen LogP contribution in [0.2, 0.25) is 5.02 Å². The van der Waals surface area contributed by atoms with Crippen molar-refractivity contribution in [2.24, 2.45) is 5.92 Å². The molecule has 0 bridgehead atoms. The number of nitrogens with one attached hydrogen (secondary N) is 1. The van der Waals surface area contributed by atoms with Crippen LogP contribution in [0, 0.1) is 11.7 Å². The zero-order valence-corrected chi connectivity index (χ0v) is 19.8. The van der Waals surface area contributed by atoms with Crippen molar-refractivity contribution in [2.45, 2.75) is 24.7 Å². The number of halogens is 2. The van der Waals surface area contributed by atoms with E-state index in [-0.39, 0.29) is 21.5 Å². The van der Waals surface area contributed by atoms with Gasteiger partial charge < -0.3 is 5.32 Å². The SMILES string of the molecule is CCC(CNC(=O)CN(c1ccc(F)c(Cl)c1)S(=O)(=O)c1ccccc1)Cc1ccccc1. The Morgan fingerprint density at radius 2 is 1.67 bits per heavy atom. The number of anilines is 1. The molecule has 8 heteroatoms. The molecule has 0 spiro atoms. The van der Waals surface area contributed by atoms with E-state index < -0.39 is 28.3 Å². The first kappa shape index (κ1) is 24.7. The first-order valence-electron chi connectivity index (χ1n) is 10.6. The first-order chi connectivity index (χ1) is 15.8. The molecule has 1 amide bonds. The molecule has 0 saturated heterocycles. The van der Waals surface area contributed by atoms with Crippen LogP contribution in [0.3, 0.4) is 0 Å². The number of benzene rings is 3. The Bertz CT molecular complexity index is 1170. The van der Waals surface area contributed by atoms with Crippen LogP contribution in [-0.2, 0) is 21.2 Å². The fourth-order valence-corrected chi connectivity index (χ4v) is 5.04. The summed E-state index contributed by atoms with van der Waals surface area (Å²) < 4.78 is 41.3. The van der Waals surface area contributed by atoms with Gasteiger partial charge in [0.2, 0.25) is 5.91 Å². The van der Waals surface area contributed by atoms with Crippen molar-refractivity contribution in [2.75, 3.05) is 17.4 Å². The number of hydrogen-bond donors (Lipinski definition) is 1. The molecule has 0 heterocycles. The van der Waals surface area contributed by atoms with E-state index in [1.54, 1.807) is 18.2 Å². The van der Waals surface area contributed by atoms with Gasteiger partial charge in [-0.1, -0.05) is 73.5 Å². The zero-order valence-electron chi connectivity index (χ0n) is 18.2. The topological polar surface area (TPSA) is 66.5 Å². The molecular formula is C25H26ClFN2O3S. The van der Waals surface area contributed by atoms with E-state index >= 15 is 0 Å². The molecule has 174 valence electrons. The second-order valence-electron chi connectivity index (χ2n) is 7.69. The van der Waals surface area contributed by atoms with Crippen molar-refractivity contribution in [1.82, 2.24) is 5.32 Å². The van der Waals surface area contributed by atoms with Crippen LogP contribution in [0.25, 0.3) is 0 Å². The molecule has 3 aromatic rings. The number of rotatable bonds is 10. The lowest BCUT2D eigenvalue weighted by Crippen LogP contribution is -2.42. The molecule has 1 atom stereocenters. The minimum Gasteiger partial charge on any atom is -0.354 e. The average molecular weight is 489 g/mol. The minimum atomic E-state index is -4.08. The molecule has 1 N–H and O–H groups in total. The lowest BCUT2D eigenvalue weighted by Gasteiger charge is -2.25. The summed E-state index contributed by atoms with van der Waals surface area (Å²) in [7, 11) is -4.08. The largest absolute Gasteiger partial charge is 0.354 e. The molecule has 0 aliphatic heterocycles. The highest BCUT2D eigenvalue weighted by Gasteiger charge is 2.27. The molecule has 0 aliphatic rings. The maximum atomic E-state index is 13.7. The summed E-state index contributed by atoms with van der Waals surface area (Å²) in [4.78, 5) is 12.8. The molecule has 0 aliphatic carbocycles. The number of nitrogens with zero attached hydrogens (tertiary/aromatic N) is 1. The van der Waals surface area contributed by atoms with Gasteiger partial charge in [-0.2, -0.15) is 0 Å². The Labute approximate surface area is 199 Å². The summed E-state index contributed by atoms with van der Waals surface area (Å²) in [6, 6.07) is 21.3. The van der Waals surface area contributed by atoms with Crippen molar-refractivity contribution in [3.63, 3.8) is 0 Å². The van der Waals surface area contributed by atoms with E-state index in [1.807, 2.05) is 37.3 Å². The van der Waals surface area contributed by atoms with Crippen molar-refractivity contribution < 1.29 is 17.6 Å². The van der Waals surface area contributed by atoms with E-state index in [0.29, 0.717) is 6.54 Å². The lowest BCUT2D eigenvalue weighted by molar-refractivity contribution is -0.119. The highest BCUT2D eigenvalue weighted by Crippen LogP contribution is 2.27. The van der Waals surface area contributed by atoms with Gasteiger partial charge in [0.05, 0.1) is 15.6 Å². The van der Waals surface area contributed by atoms with E-state index in [1.165, 1.54) is 29.8 Å². The van der Waals surface area contributed by atoms with Crippen LogP contribution < -0.4 is 9.62 Å². The quantitative estimate of drug-likeness (QED) is 0.434. The molecule has 1 unspecified atom stereocenters. The van der Waals surface area contributed by atoms with E-state index in [9.17, 15) is 17.6 Å². The van der Waals surface area contributed by atoms with E-state index in [2.05, 4.69) is 5.32 Å². The molecular weight excluding hydrogens is 463 g/mol. The Hall–Kier alpha value is -2.90. The van der Waals surface area contributed by atoms with Crippen molar-refractivity contribution >= 4 is 33.2 Å². The third-order valence-corrected chi connectivity index (χ3v) is 7.42. The van der Waals surface area contributed by atoms with Crippen LogP contribution in [-0.4, -0.2) is 27.4 Å². The van der Waals surface area contributed by atoms with E-state index in [4.69, 9.17) is 11.6 Å². The second-order valence-corrected chi connectivity index (χ2v) is 9.96. The van der Waals surface area contributed by atoms with Crippen molar-refractivity contribution in [3.05, 3.63) is 95.3 Å². The predicted molar refractivity (Wildman–Crippen MR) is 129 cm³/mol. The minimum absolute atomic E-state index is 0.0220. The average Bonchev–Trinajstić information content (AvgIpc) is 2.83. The lowest BCUT2D eigenvalue weighted by atomic mass is 9.97. The van der Waals surface area contributed by atoms with Crippen molar-refractivity contribution in [3.8, 4) is 0 Å². The predicted octanol–water partition coefficient (Wildman–Crippen LogP) is 5.06. The Morgan fingerprint density at radius 1 is 1.03 bits per heavy atom. The Balaban J connectivity index is 1.78. The van der Waals surface area contributed by atoms with E-state index in [0.717, 1.165) is 23.2 Å². The number of carbonyl (C=O) groups is 1. The molecule has 0 fully saturated rings. The molecule has 3 rings (SSSR count). The van der Waals surface area contributed by atoms with Gasteiger partial charge in [-0.25, -0.2) is 12.8 Å². The summed E-state index contributed by atoms with van der Waals surface area (Å²) >= 11 is 5.89.